The molecular formula is C96H107Cl4I3LiN11O15. The van der Waals surface area contributed by atoms with E-state index in [-0.39, 0.29) is 107 Å². The Morgan fingerprint density at radius 2 is 0.746 bits per heavy atom. The number of amides is 2. The van der Waals surface area contributed by atoms with Gasteiger partial charge in [0.15, 0.2) is 0 Å². The molecule has 5 atom stereocenters. The number of carboxylic acid groups (broad SMARTS) is 1. The molecule has 2 amide bonds. The number of nitrogens with one attached hydrogen (secondary N) is 1. The van der Waals surface area contributed by atoms with Crippen LogP contribution in [0.25, 0.3) is 5.57 Å². The van der Waals surface area contributed by atoms with Crippen molar-refractivity contribution < 1.29 is 91.5 Å². The summed E-state index contributed by atoms with van der Waals surface area (Å²) >= 11 is 32.4. The minimum atomic E-state index is -0.822. The number of halogens is 7. The predicted octanol–water partition coefficient (Wildman–Crippen LogP) is 14.0. The van der Waals surface area contributed by atoms with E-state index in [2.05, 4.69) is 94.5 Å². The molecule has 0 radical (unpaired) electrons. The van der Waals surface area contributed by atoms with Crippen molar-refractivity contribution in [2.45, 2.75) is 223 Å². The number of fused-ring (bicyclic) bond motifs is 4. The molecule has 4 aromatic heterocycles. The molecule has 0 bridgehead atoms. The summed E-state index contributed by atoms with van der Waals surface area (Å²) in [7, 11) is 5.09. The number of benzene rings is 4. The van der Waals surface area contributed by atoms with Gasteiger partial charge in [-0.1, -0.05) is 101 Å². The van der Waals surface area contributed by atoms with Crippen LogP contribution in [0.5, 0.6) is 0 Å². The Labute approximate surface area is 829 Å². The standard InChI is InChI=1S/C33H40ClN3O5.C22H23ClIN3O3.C19H18ClIN2O2.C18H16ClIN2O3.C4H9NO.Li.H2O/c1-33(2,3)42-32(40)21-12-10-20(11-13-21)29-25-15-14-22(30(38)36-17-23(18-36)41-4)16-27(25)37(35-29)31(39)28-24(19-8-9-19)6-5-7-26(28)34;1-30-14-10-26(11-14)21(28)13-7-8-16-18(9-13)27(25-20(16)24)22(29)19-15(12-5-6-12)3-2-4-17(19)23;1-10(24)12-7-8-14-16(9-12)23(22-18(14)21)19(25)17-13(11-5-6-11)3-2-4-15(17)20;19-13-3-1-2-11(9-4-5-9)15(13)17(23)22-14-8-10(18(24)25)6-7-12(14)16(20)21-22;1-6-4-2-5-3-4;;/h5-7,10,19,21-23H,8-9,11-18H2,1-4H3;2-4,12-14H,5-11H2,1H3;2-4,11-12H,5-9H2,1H3;1-3,9-10H,4-8H2,(H,24,25);4-5H,2-3H2,1H3;;1H2/q;;;;;+1;/p-1. The van der Waals surface area contributed by atoms with Gasteiger partial charge in [-0.15, -0.1) is 0 Å². The van der Waals surface area contributed by atoms with Gasteiger partial charge in [-0.25, -0.2) is 0 Å². The van der Waals surface area contributed by atoms with Crippen LogP contribution in [0.4, 0.5) is 0 Å². The summed E-state index contributed by atoms with van der Waals surface area (Å²) in [6, 6.07) is 22.6. The zero-order valence-electron chi connectivity index (χ0n) is 74.3. The number of carbonyl (C=O) groups is 9. The third-order valence-corrected chi connectivity index (χ3v) is 30.8. The summed E-state index contributed by atoms with van der Waals surface area (Å²) in [5, 5.41) is 32.7. The van der Waals surface area contributed by atoms with E-state index in [1.165, 1.54) is 18.7 Å². The molecule has 7 heterocycles. The predicted molar refractivity (Wildman–Crippen MR) is 512 cm³/mol. The molecule has 3 saturated heterocycles. The van der Waals surface area contributed by atoms with Gasteiger partial charge in [0.1, 0.15) is 22.5 Å². The maximum Gasteiger partial charge on any atom is 1.00 e. The quantitative estimate of drug-likeness (QED) is 0.0486. The van der Waals surface area contributed by atoms with Crippen LogP contribution in [-0.2, 0) is 94.3 Å². The fourth-order valence-corrected chi connectivity index (χ4v) is 22.2. The summed E-state index contributed by atoms with van der Waals surface area (Å²) in [5.74, 6) is -0.849. The SMILES string of the molecule is CC(=O)C1CCc2c(I)nn(C(=O)c3c(Cl)cccc3C3CC3)c2C1.COC1CN(C(=O)C2CCc3c(C4=CCC(C(=O)OC(C)(C)C)CC4)nn(C(=O)c4c(Cl)cccc4C4CC4)c3C2)C1.COC1CN(C(=O)C2CCc3c(I)nn(C(=O)c4c(Cl)cccc4C4CC4)c3C2)C1.COC1CNC1.O=C(O)C1CCc2c(I)nn(C(=O)c3c(Cl)cccc3C3CC3)c2C1.[Li+].[OH-]. The summed E-state index contributed by atoms with van der Waals surface area (Å²) in [6.45, 7) is 11.9. The van der Waals surface area contributed by atoms with Crippen LogP contribution in [0.15, 0.2) is 78.9 Å². The second kappa shape index (κ2) is 42.4. The second-order valence-electron chi connectivity index (χ2n) is 36.9. The van der Waals surface area contributed by atoms with Crippen molar-refractivity contribution in [3.8, 4) is 0 Å². The number of allylic oxidation sites excluding steroid dienone is 2. The number of carboxylic acids is 1. The van der Waals surface area contributed by atoms with Crippen LogP contribution >= 0.6 is 114 Å². The van der Waals surface area contributed by atoms with Gasteiger partial charge in [0, 0.05) is 120 Å². The van der Waals surface area contributed by atoms with Gasteiger partial charge in [0.2, 0.25) is 11.8 Å². The van der Waals surface area contributed by atoms with Crippen molar-refractivity contribution in [3.63, 3.8) is 0 Å². The van der Waals surface area contributed by atoms with E-state index in [9.17, 15) is 48.3 Å². The van der Waals surface area contributed by atoms with E-state index in [1.807, 2.05) is 79.1 Å². The second-order valence-corrected chi connectivity index (χ2v) is 41.6. The molecule has 26 nitrogen and oxygen atoms in total. The monoisotopic (exact) mass is 2180 g/mol. The first kappa shape index (κ1) is 99.4. The van der Waals surface area contributed by atoms with Crippen molar-refractivity contribution in [2.75, 3.05) is 60.6 Å². The number of aromatic nitrogens is 8. The molecule has 4 aromatic carbocycles. The minimum Gasteiger partial charge on any atom is -0.870 e. The number of methoxy groups -OCH3 is 3. The zero-order valence-corrected chi connectivity index (χ0v) is 83.8. The van der Waals surface area contributed by atoms with Crippen LogP contribution < -0.4 is 24.2 Å². The third kappa shape index (κ3) is 21.8. The van der Waals surface area contributed by atoms with Crippen LogP contribution in [0, 0.1) is 40.7 Å². The molecule has 5 unspecified atom stereocenters. The Morgan fingerprint density at radius 3 is 1.05 bits per heavy atom. The van der Waals surface area contributed by atoms with E-state index in [0.717, 1.165) is 180 Å². The number of hydrogen-bond donors (Lipinski definition) is 2. The van der Waals surface area contributed by atoms with Gasteiger partial charge in [0.05, 0.1) is 101 Å². The third-order valence-electron chi connectivity index (χ3n) is 27.0. The van der Waals surface area contributed by atoms with Crippen LogP contribution in [-0.4, -0.2) is 197 Å². The molecule has 0 spiro atoms. The van der Waals surface area contributed by atoms with Crippen LogP contribution in [0.2, 0.25) is 20.1 Å². The summed E-state index contributed by atoms with van der Waals surface area (Å²) in [5.41, 5.74) is 15.0. The number of esters is 1. The number of ether oxygens (including phenoxy) is 4. The Balaban J connectivity index is 0.000000139. The minimum absolute atomic E-state index is 0. The fraction of sp³-hybridized carbons (Fsp3) is 0.510. The molecule has 12 aliphatic rings. The molecule has 130 heavy (non-hydrogen) atoms. The van der Waals surface area contributed by atoms with Gasteiger partial charge in [0.25, 0.3) is 23.6 Å². The van der Waals surface area contributed by atoms with Crippen molar-refractivity contribution in [1.29, 1.82) is 0 Å². The van der Waals surface area contributed by atoms with Gasteiger partial charge < -0.3 is 44.6 Å². The maximum atomic E-state index is 14.2. The number of Topliss-reactive ketones (excluding diaryl/α,β-unsaturated/α-hetero) is 1. The molecule has 20 rings (SSSR count). The van der Waals surface area contributed by atoms with Gasteiger partial charge in [-0.05, 0) is 300 Å². The van der Waals surface area contributed by atoms with Gasteiger partial charge in [-0.3, -0.25) is 43.2 Å². The Kier molecular flexibility index (Phi) is 32.4. The fourth-order valence-electron chi connectivity index (χ4n) is 18.8. The zero-order chi connectivity index (χ0) is 90.6. The Hall–Kier alpha value is -6.56. The van der Waals surface area contributed by atoms with E-state index in [0.29, 0.717) is 169 Å². The molecule has 3 aliphatic heterocycles. The number of aliphatic carboxylic acids is 1. The molecule has 4 saturated carbocycles. The van der Waals surface area contributed by atoms with Crippen LogP contribution in [0.3, 0.4) is 0 Å². The summed E-state index contributed by atoms with van der Waals surface area (Å²) < 4.78 is 29.6. The number of carbonyl (C=O) groups excluding carboxylic acids is 8. The van der Waals surface area contributed by atoms with E-state index in [1.54, 1.807) is 52.5 Å². The molecule has 3 N–H and O–H groups in total. The van der Waals surface area contributed by atoms with Crippen molar-refractivity contribution in [3.05, 3.63) is 205 Å². The normalized spacial score (nSPS) is 20.8. The van der Waals surface area contributed by atoms with Crippen LogP contribution in [0.1, 0.15) is 262 Å². The van der Waals surface area contributed by atoms with Gasteiger partial charge >= 0.3 is 30.8 Å². The van der Waals surface area contributed by atoms with Crippen molar-refractivity contribution in [1.82, 2.24) is 54.2 Å². The first-order valence-corrected chi connectivity index (χ1v) is 49.4. The van der Waals surface area contributed by atoms with Gasteiger partial charge in [-0.2, -0.15) is 39.1 Å². The Morgan fingerprint density at radius 1 is 0.431 bits per heavy atom. The molecule has 686 valence electrons. The first-order chi connectivity index (χ1) is 61.4. The van der Waals surface area contributed by atoms with E-state index in [4.69, 9.17) is 70.4 Å². The smallest absolute Gasteiger partial charge is 0.870 e. The molecule has 9 aliphatic carbocycles. The molecule has 34 heteroatoms. The number of hydrogen-bond acceptors (Lipinski definition) is 19. The summed E-state index contributed by atoms with van der Waals surface area (Å²) in [4.78, 5) is 120. The average Bonchev–Trinajstić information content (AvgIpc) is 1.60. The largest absolute Gasteiger partial charge is 1.00 e. The topological polar surface area (TPSA) is 331 Å². The first-order valence-electron chi connectivity index (χ1n) is 44.6. The molecule has 7 fully saturated rings. The number of likely N-dealkylation sites (tertiary alicyclic amines) is 2. The van der Waals surface area contributed by atoms with E-state index >= 15 is 0 Å². The number of nitrogens with zero attached hydrogens (tertiary/aromatic N) is 10. The molecular weight excluding hydrogens is 2080 g/mol. The van der Waals surface area contributed by atoms with Crippen molar-refractivity contribution in [2.24, 2.45) is 29.6 Å². The molecule has 8 aromatic rings. The number of rotatable bonds is 17. The van der Waals surface area contributed by atoms with Crippen molar-refractivity contribution >= 4 is 173 Å². The Bertz CT molecular complexity index is 5590. The summed E-state index contributed by atoms with van der Waals surface area (Å²) in [6.07, 6.45) is 21.0. The average molecular weight is 2180 g/mol. The maximum absolute atomic E-state index is 14.2. The number of ketones is 1. The van der Waals surface area contributed by atoms with E-state index < -0.39 is 17.5 Å².